The molecule has 25 nitrogen and oxygen atoms in total. The number of nitrogens with one attached hydrogen (secondary N) is 3. The molecule has 2 aromatic carbocycles. The summed E-state index contributed by atoms with van der Waals surface area (Å²) in [6, 6.07) is 10.5. The van der Waals surface area contributed by atoms with Gasteiger partial charge in [-0.3, -0.25) is 24.1 Å². The standard InChI is InChI=1S/C66H103N7O18S/c1-14-41(6)58(52(84-12)34-54(75)73-24-18-21-50(73)60(85-13)42(7)62(77)69-43(8)59(76)44-19-16-15-17-20-44)71(9)64(79)56(39(2)3)70-63(78)57(40(4)5)72(10)66(82)89-37-45-22-23-51(90-55-32-47(74)31-53(91-55)65(80)81)49-33-48(92-61(45)49)36-68-35-46(67)38-88-30-29-87-28-27-86-26-25-83-11/h15-17,19-20,22-23,33,35,39-43,47,50,52-53,55-60,68,74,76H,14,18,21,24-32,34,36-38,67H2,1-13H3,(H,69,77)(H,70,78)(H,80,81)/b46-35-/t41-,42+,43+,47-,50-,52+,53-,55+,56-,57-,58-,59+,60+/m0/s1. The van der Waals surface area contributed by atoms with Crippen molar-refractivity contribution in [1.82, 2.24) is 30.7 Å². The number of carbonyl (C=O) groups is 6. The summed E-state index contributed by atoms with van der Waals surface area (Å²) in [5, 5.41) is 40.9. The SMILES string of the molecule is CC[C@H](C)[C@@H]([C@@H](CC(=O)N1CCC[C@H]1[C@H](OC)[C@@H](C)C(=O)N[C@H](C)[C@@H](O)c1ccccc1)OC)N(C)C(=O)[C@@H](NC(=O)[C@H](C(C)C)N(C)C(=O)OCc1ccc(O[C@H]2C[C@@H](O)C[C@@H](C(=O)O)O2)c2cc(CN/C=C(\N)COCCOCCOCCOC)sc12)C(C)C. The summed E-state index contributed by atoms with van der Waals surface area (Å²) in [5.41, 5.74) is 7.94. The molecule has 26 heteroatoms. The molecule has 8 N–H and O–H groups in total. The Balaban J connectivity index is 1.26. The number of carboxylic acids is 1. The van der Waals surface area contributed by atoms with Crippen molar-refractivity contribution in [2.24, 2.45) is 29.4 Å². The van der Waals surface area contributed by atoms with Gasteiger partial charge in [-0.05, 0) is 55.2 Å². The average Bonchev–Trinajstić information content (AvgIpc) is 1.52. The second-order valence-electron chi connectivity index (χ2n) is 24.5. The molecule has 0 unspecified atom stereocenters. The van der Waals surface area contributed by atoms with Crippen LogP contribution in [0.3, 0.4) is 0 Å². The number of likely N-dealkylation sites (N-methyl/N-ethyl adjacent to an activating group) is 2. The number of fused-ring (bicyclic) bond motifs is 1. The van der Waals surface area contributed by atoms with Gasteiger partial charge in [0.1, 0.15) is 24.4 Å². The van der Waals surface area contributed by atoms with Crippen LogP contribution < -0.4 is 26.4 Å². The van der Waals surface area contributed by atoms with E-state index in [2.05, 4.69) is 16.0 Å². The fourth-order valence-corrected chi connectivity index (χ4v) is 12.9. The van der Waals surface area contributed by atoms with E-state index in [1.54, 1.807) is 82.1 Å². The number of benzene rings is 2. The first-order valence-corrected chi connectivity index (χ1v) is 32.7. The van der Waals surface area contributed by atoms with E-state index in [0.717, 1.165) is 4.88 Å². The Kier molecular flexibility index (Phi) is 31.8. The summed E-state index contributed by atoms with van der Waals surface area (Å²) in [5.74, 6) is -4.15. The molecule has 5 amide bonds. The van der Waals surface area contributed by atoms with Crippen LogP contribution in [-0.2, 0) is 75.0 Å². The summed E-state index contributed by atoms with van der Waals surface area (Å²) >= 11 is 1.39. The fraction of sp³-hybridized carbons (Fsp3) is 0.667. The monoisotopic (exact) mass is 1310 g/mol. The van der Waals surface area contributed by atoms with Crippen molar-refractivity contribution in [2.45, 2.75) is 174 Å². The van der Waals surface area contributed by atoms with Crippen molar-refractivity contribution in [2.75, 3.05) is 88.2 Å². The fourth-order valence-electron chi connectivity index (χ4n) is 11.8. The highest BCUT2D eigenvalue weighted by Crippen LogP contribution is 2.38. The molecule has 0 aliphatic carbocycles. The Morgan fingerprint density at radius 1 is 0.848 bits per heavy atom. The lowest BCUT2D eigenvalue weighted by molar-refractivity contribution is -0.195. The highest BCUT2D eigenvalue weighted by Gasteiger charge is 2.44. The Bertz CT molecular complexity index is 2830. The van der Waals surface area contributed by atoms with Crippen molar-refractivity contribution >= 4 is 57.1 Å². The average molecular weight is 1310 g/mol. The van der Waals surface area contributed by atoms with E-state index >= 15 is 0 Å². The van der Waals surface area contributed by atoms with Crippen molar-refractivity contribution in [3.05, 3.63) is 76.4 Å². The predicted octanol–water partition coefficient (Wildman–Crippen LogP) is 5.71. The molecule has 3 heterocycles. The number of carbonyl (C=O) groups excluding carboxylic acids is 5. The predicted molar refractivity (Wildman–Crippen MR) is 346 cm³/mol. The van der Waals surface area contributed by atoms with Crippen molar-refractivity contribution in [1.29, 1.82) is 0 Å². The van der Waals surface area contributed by atoms with E-state index in [4.69, 9.17) is 48.4 Å². The van der Waals surface area contributed by atoms with Gasteiger partial charge in [-0.15, -0.1) is 11.3 Å². The molecule has 2 saturated heterocycles. The molecular formula is C66H103N7O18S. The van der Waals surface area contributed by atoms with Gasteiger partial charge < -0.3 is 89.4 Å². The molecule has 1 aromatic heterocycles. The number of nitrogens with two attached hydrogens (primary N) is 1. The van der Waals surface area contributed by atoms with E-state index in [1.807, 2.05) is 52.0 Å². The number of rotatable bonds is 39. The molecule has 0 bridgehead atoms. The minimum atomic E-state index is -1.27. The summed E-state index contributed by atoms with van der Waals surface area (Å²) in [7, 11) is 7.75. The minimum Gasteiger partial charge on any atom is -0.479 e. The molecule has 2 aliphatic rings. The molecule has 516 valence electrons. The number of amides is 5. The van der Waals surface area contributed by atoms with Gasteiger partial charge in [0, 0.05) is 88.1 Å². The first-order chi connectivity index (χ1) is 43.9. The number of methoxy groups -OCH3 is 3. The highest BCUT2D eigenvalue weighted by atomic mass is 32.1. The topological polar surface area (TPSA) is 318 Å². The number of ether oxygens (including phenoxy) is 9. The molecule has 3 aromatic rings. The van der Waals surface area contributed by atoms with E-state index in [1.165, 1.54) is 37.5 Å². The van der Waals surface area contributed by atoms with Crippen LogP contribution in [-0.4, -0.2) is 215 Å². The second-order valence-corrected chi connectivity index (χ2v) is 25.6. The number of nitrogens with zero attached hydrogens (tertiary/aromatic N) is 3. The molecule has 13 atom stereocenters. The smallest absolute Gasteiger partial charge is 0.410 e. The molecule has 0 saturated carbocycles. The number of aliphatic hydroxyl groups is 2. The van der Waals surface area contributed by atoms with Crippen LogP contribution in [0.2, 0.25) is 0 Å². The molecule has 0 radical (unpaired) electrons. The molecule has 0 spiro atoms. The van der Waals surface area contributed by atoms with E-state index in [-0.39, 0.29) is 50.2 Å². The van der Waals surface area contributed by atoms with Crippen LogP contribution in [0, 0.1) is 23.7 Å². The number of aliphatic carboxylic acids is 1. The quantitative estimate of drug-likeness (QED) is 0.0336. The zero-order chi connectivity index (χ0) is 67.8. The van der Waals surface area contributed by atoms with Crippen LogP contribution in [0.25, 0.3) is 10.1 Å². The first kappa shape index (κ1) is 76.5. The van der Waals surface area contributed by atoms with Gasteiger partial charge >= 0.3 is 12.1 Å². The largest absolute Gasteiger partial charge is 0.479 e. The van der Waals surface area contributed by atoms with Crippen LogP contribution >= 0.6 is 11.3 Å². The maximum atomic E-state index is 14.9. The first-order valence-electron chi connectivity index (χ1n) is 31.9. The van der Waals surface area contributed by atoms with Crippen LogP contribution in [0.4, 0.5) is 4.79 Å². The maximum Gasteiger partial charge on any atom is 0.410 e. The summed E-state index contributed by atoms with van der Waals surface area (Å²) in [6.45, 7) is 17.9. The maximum absolute atomic E-state index is 14.9. The summed E-state index contributed by atoms with van der Waals surface area (Å²) < 4.78 is 52.2. The number of aliphatic hydroxyl groups excluding tert-OH is 2. The Hall–Kier alpha value is -6.20. The number of hydrogen-bond acceptors (Lipinski definition) is 20. The summed E-state index contributed by atoms with van der Waals surface area (Å²) in [4.78, 5) is 89.1. The Morgan fingerprint density at radius 2 is 1.52 bits per heavy atom. The van der Waals surface area contributed by atoms with Gasteiger partial charge in [-0.2, -0.15) is 0 Å². The van der Waals surface area contributed by atoms with Gasteiger partial charge in [0.2, 0.25) is 29.9 Å². The van der Waals surface area contributed by atoms with Crippen LogP contribution in [0.5, 0.6) is 5.75 Å². The minimum absolute atomic E-state index is 0.0332. The number of thiophene rings is 1. The van der Waals surface area contributed by atoms with Gasteiger partial charge in [0.05, 0.1) is 107 Å². The van der Waals surface area contributed by atoms with E-state index in [0.29, 0.717) is 105 Å². The molecule has 2 fully saturated rings. The third-order valence-electron chi connectivity index (χ3n) is 17.0. The van der Waals surface area contributed by atoms with E-state index < -0.39 is 109 Å². The number of carboxylic acid groups (broad SMARTS) is 1. The van der Waals surface area contributed by atoms with Gasteiger partial charge in [0.25, 0.3) is 0 Å². The lowest BCUT2D eigenvalue weighted by Crippen LogP contribution is -2.60. The van der Waals surface area contributed by atoms with Crippen molar-refractivity contribution < 1.29 is 86.7 Å². The molecule has 92 heavy (non-hydrogen) atoms. The molecule has 2 aliphatic heterocycles. The van der Waals surface area contributed by atoms with Gasteiger partial charge in [0.15, 0.2) is 6.10 Å². The summed E-state index contributed by atoms with van der Waals surface area (Å²) in [6.07, 6.45) is -3.09. The van der Waals surface area contributed by atoms with Crippen LogP contribution in [0.1, 0.15) is 116 Å². The Morgan fingerprint density at radius 3 is 2.14 bits per heavy atom. The van der Waals surface area contributed by atoms with Gasteiger partial charge in [-0.1, -0.05) is 91.3 Å². The Labute approximate surface area is 546 Å². The zero-order valence-corrected chi connectivity index (χ0v) is 56.8. The second kappa shape index (κ2) is 38.2. The van der Waals surface area contributed by atoms with Crippen molar-refractivity contribution in [3.63, 3.8) is 0 Å². The molecule has 5 rings (SSSR count). The zero-order valence-electron chi connectivity index (χ0n) is 56.0. The lowest BCUT2D eigenvalue weighted by atomic mass is 9.89. The number of hydrogen-bond donors (Lipinski definition) is 7. The van der Waals surface area contributed by atoms with Crippen LogP contribution in [0.15, 0.2) is 60.4 Å². The normalized spacial score (nSPS) is 19.9. The molecular weight excluding hydrogens is 1210 g/mol. The third-order valence-corrected chi connectivity index (χ3v) is 18.2. The third kappa shape index (κ3) is 21.9. The van der Waals surface area contributed by atoms with E-state index in [9.17, 15) is 44.1 Å². The number of likely N-dealkylation sites (tertiary alicyclic amines) is 1. The lowest BCUT2D eigenvalue weighted by Gasteiger charge is -2.41. The van der Waals surface area contributed by atoms with Gasteiger partial charge in [-0.25, -0.2) is 9.59 Å². The van der Waals surface area contributed by atoms with Crippen molar-refractivity contribution in [3.8, 4) is 5.75 Å². The highest BCUT2D eigenvalue weighted by molar-refractivity contribution is 7.19.